The van der Waals surface area contributed by atoms with E-state index in [1.807, 2.05) is 36.4 Å². The van der Waals surface area contributed by atoms with Crippen LogP contribution in [0, 0.1) is 0 Å². The standard InChI is InChI=1S/C32H42O5S/c1-31(25-13-5-3-6-14-25,27-17-19-29(33)36-27)21-9-11-23-38(35)24-12-10-22-32(2,26-15-7-4-8-16-26)28-18-20-30(34)37-28/h3-8,13-16,27-28H,9-12,17-24H2,1-2H3. The summed E-state index contributed by atoms with van der Waals surface area (Å²) in [4.78, 5) is 23.6. The van der Waals surface area contributed by atoms with Crippen molar-refractivity contribution in [2.24, 2.45) is 0 Å². The largest absolute Gasteiger partial charge is 0.461 e. The Labute approximate surface area is 230 Å². The van der Waals surface area contributed by atoms with Crippen molar-refractivity contribution in [2.75, 3.05) is 11.5 Å². The molecule has 2 saturated heterocycles. The fourth-order valence-electron chi connectivity index (χ4n) is 6.18. The van der Waals surface area contributed by atoms with Crippen molar-refractivity contribution in [3.8, 4) is 0 Å². The van der Waals surface area contributed by atoms with E-state index in [4.69, 9.17) is 9.47 Å². The molecule has 5 nitrogen and oxygen atoms in total. The lowest BCUT2D eigenvalue weighted by Gasteiger charge is -2.35. The van der Waals surface area contributed by atoms with Crippen molar-refractivity contribution in [3.63, 3.8) is 0 Å². The molecule has 0 N–H and O–H groups in total. The van der Waals surface area contributed by atoms with Crippen LogP contribution in [-0.4, -0.2) is 39.9 Å². The third-order valence-corrected chi connectivity index (χ3v) is 10.2. The highest BCUT2D eigenvalue weighted by molar-refractivity contribution is 7.84. The second-order valence-electron chi connectivity index (χ2n) is 11.4. The number of rotatable bonds is 14. The van der Waals surface area contributed by atoms with Gasteiger partial charge in [-0.3, -0.25) is 13.8 Å². The molecule has 38 heavy (non-hydrogen) atoms. The molecule has 6 heteroatoms. The highest BCUT2D eigenvalue weighted by Crippen LogP contribution is 2.40. The Morgan fingerprint density at radius 1 is 0.684 bits per heavy atom. The summed E-state index contributed by atoms with van der Waals surface area (Å²) in [7, 11) is -0.852. The van der Waals surface area contributed by atoms with E-state index >= 15 is 0 Å². The molecule has 4 unspecified atom stereocenters. The van der Waals surface area contributed by atoms with E-state index in [1.165, 1.54) is 11.1 Å². The van der Waals surface area contributed by atoms with Gasteiger partial charge in [0.2, 0.25) is 0 Å². The van der Waals surface area contributed by atoms with Crippen LogP contribution in [0.5, 0.6) is 0 Å². The molecule has 0 saturated carbocycles. The summed E-state index contributed by atoms with van der Waals surface area (Å²) in [5.41, 5.74) is 1.96. The molecule has 2 aromatic carbocycles. The third-order valence-electron chi connectivity index (χ3n) is 8.69. The molecule has 0 aliphatic carbocycles. The van der Waals surface area contributed by atoms with Crippen LogP contribution in [0.25, 0.3) is 0 Å². The Bertz CT molecular complexity index is 1000. The van der Waals surface area contributed by atoms with Gasteiger partial charge in [-0.2, -0.15) is 0 Å². The number of cyclic esters (lactones) is 2. The predicted molar refractivity (Wildman–Crippen MR) is 151 cm³/mol. The Balaban J connectivity index is 1.23. The highest BCUT2D eigenvalue weighted by atomic mass is 32.2. The monoisotopic (exact) mass is 538 g/mol. The molecule has 2 heterocycles. The number of ether oxygens (including phenoxy) is 2. The number of hydrogen-bond acceptors (Lipinski definition) is 5. The van der Waals surface area contributed by atoms with Crippen LogP contribution in [-0.2, 0) is 40.7 Å². The molecule has 2 aromatic rings. The number of benzene rings is 2. The van der Waals surface area contributed by atoms with E-state index in [-0.39, 0.29) is 35.0 Å². The summed E-state index contributed by atoms with van der Waals surface area (Å²) in [6.07, 6.45) is 7.81. The third kappa shape index (κ3) is 6.93. The highest BCUT2D eigenvalue weighted by Gasteiger charge is 2.42. The molecule has 206 valence electrons. The van der Waals surface area contributed by atoms with E-state index in [0.717, 1.165) is 51.4 Å². The average Bonchev–Trinajstić information content (AvgIpc) is 3.58. The van der Waals surface area contributed by atoms with Gasteiger partial charge in [-0.1, -0.05) is 87.4 Å². The van der Waals surface area contributed by atoms with Gasteiger partial charge in [-0.15, -0.1) is 0 Å². The van der Waals surface area contributed by atoms with E-state index in [1.54, 1.807) is 0 Å². The van der Waals surface area contributed by atoms with Gasteiger partial charge in [0.05, 0.1) is 0 Å². The summed E-state index contributed by atoms with van der Waals surface area (Å²) in [6, 6.07) is 20.7. The SMILES string of the molecule is CC(CCCCS(=O)CCCCC(C)(c1ccccc1)C1CCC(=O)O1)(c1ccccc1)C1CCC(=O)O1. The minimum Gasteiger partial charge on any atom is -0.461 e. The van der Waals surface area contributed by atoms with Crippen molar-refractivity contribution in [1.29, 1.82) is 0 Å². The maximum absolute atomic E-state index is 12.8. The smallest absolute Gasteiger partial charge is 0.306 e. The molecule has 2 aliphatic heterocycles. The van der Waals surface area contributed by atoms with Gasteiger partial charge in [0.15, 0.2) is 0 Å². The van der Waals surface area contributed by atoms with Crippen molar-refractivity contribution in [3.05, 3.63) is 71.8 Å². The normalized spacial score (nSPS) is 23.3. The van der Waals surface area contributed by atoms with Crippen molar-refractivity contribution >= 4 is 22.7 Å². The molecule has 2 fully saturated rings. The molecule has 0 radical (unpaired) electrons. The maximum atomic E-state index is 12.8. The topological polar surface area (TPSA) is 69.7 Å². The minimum absolute atomic E-state index is 0.0963. The lowest BCUT2D eigenvalue weighted by molar-refractivity contribution is -0.144. The zero-order chi connectivity index (χ0) is 27.0. The first-order valence-electron chi connectivity index (χ1n) is 14.2. The van der Waals surface area contributed by atoms with Crippen LogP contribution >= 0.6 is 0 Å². The Kier molecular flexibility index (Phi) is 9.80. The van der Waals surface area contributed by atoms with Crippen LogP contribution in [0.2, 0.25) is 0 Å². The summed E-state index contributed by atoms with van der Waals surface area (Å²) in [6.45, 7) is 4.40. The molecule has 2 aliphatic rings. The van der Waals surface area contributed by atoms with Gasteiger partial charge in [0, 0.05) is 46.0 Å². The van der Waals surface area contributed by atoms with Crippen molar-refractivity contribution in [1.82, 2.24) is 0 Å². The molecular weight excluding hydrogens is 496 g/mol. The van der Waals surface area contributed by atoms with E-state index in [2.05, 4.69) is 38.1 Å². The van der Waals surface area contributed by atoms with Gasteiger partial charge in [0.25, 0.3) is 0 Å². The van der Waals surface area contributed by atoms with Crippen molar-refractivity contribution < 1.29 is 23.3 Å². The van der Waals surface area contributed by atoms with Crippen LogP contribution < -0.4 is 0 Å². The quantitative estimate of drug-likeness (QED) is 0.206. The molecular formula is C32H42O5S. The Hall–Kier alpha value is -2.47. The summed E-state index contributed by atoms with van der Waals surface area (Å²) in [5, 5.41) is 0. The lowest BCUT2D eigenvalue weighted by atomic mass is 9.73. The second kappa shape index (κ2) is 13.1. The summed E-state index contributed by atoms with van der Waals surface area (Å²) in [5.74, 6) is 1.19. The van der Waals surface area contributed by atoms with Gasteiger partial charge in [0.1, 0.15) is 12.2 Å². The van der Waals surface area contributed by atoms with E-state index in [9.17, 15) is 13.8 Å². The number of unbranched alkanes of at least 4 members (excludes halogenated alkanes) is 2. The predicted octanol–water partition coefficient (Wildman–Crippen LogP) is 6.40. The first-order chi connectivity index (χ1) is 18.3. The van der Waals surface area contributed by atoms with Gasteiger partial charge < -0.3 is 9.47 Å². The first kappa shape index (κ1) is 28.5. The van der Waals surface area contributed by atoms with Gasteiger partial charge in [-0.05, 0) is 49.7 Å². The zero-order valence-corrected chi connectivity index (χ0v) is 23.7. The number of carbonyl (C=O) groups is 2. The first-order valence-corrected chi connectivity index (χ1v) is 15.6. The Morgan fingerprint density at radius 2 is 1.08 bits per heavy atom. The zero-order valence-electron chi connectivity index (χ0n) is 22.9. The second-order valence-corrected chi connectivity index (χ2v) is 13.1. The van der Waals surface area contributed by atoms with Crippen LogP contribution in [0.15, 0.2) is 60.7 Å². The molecule has 0 bridgehead atoms. The minimum atomic E-state index is -0.852. The molecule has 0 amide bonds. The molecule has 4 atom stereocenters. The van der Waals surface area contributed by atoms with Crippen molar-refractivity contribution in [2.45, 2.75) is 101 Å². The van der Waals surface area contributed by atoms with E-state index in [0.29, 0.717) is 24.3 Å². The lowest BCUT2D eigenvalue weighted by Crippen LogP contribution is -2.37. The van der Waals surface area contributed by atoms with Gasteiger partial charge in [-0.25, -0.2) is 0 Å². The average molecular weight is 539 g/mol. The van der Waals surface area contributed by atoms with Crippen LogP contribution in [0.4, 0.5) is 0 Å². The van der Waals surface area contributed by atoms with Crippen LogP contribution in [0.3, 0.4) is 0 Å². The molecule has 0 spiro atoms. The molecule has 0 aromatic heterocycles. The van der Waals surface area contributed by atoms with E-state index < -0.39 is 10.8 Å². The fourth-order valence-corrected chi connectivity index (χ4v) is 7.44. The number of esters is 2. The summed E-state index contributed by atoms with van der Waals surface area (Å²) >= 11 is 0. The molecule has 4 rings (SSSR count). The maximum Gasteiger partial charge on any atom is 0.306 e. The summed E-state index contributed by atoms with van der Waals surface area (Å²) < 4.78 is 24.2. The van der Waals surface area contributed by atoms with Crippen LogP contribution in [0.1, 0.15) is 89.2 Å². The fraction of sp³-hybridized carbons (Fsp3) is 0.562. The van der Waals surface area contributed by atoms with Gasteiger partial charge >= 0.3 is 11.9 Å². The number of hydrogen-bond donors (Lipinski definition) is 0. The number of carbonyl (C=O) groups excluding carboxylic acids is 2. The Morgan fingerprint density at radius 3 is 1.42 bits per heavy atom.